The van der Waals surface area contributed by atoms with Gasteiger partial charge in [-0.05, 0) is 26.4 Å². The lowest BCUT2D eigenvalue weighted by Crippen LogP contribution is -2.36. The van der Waals surface area contributed by atoms with Gasteiger partial charge in [0.2, 0.25) is 0 Å². The van der Waals surface area contributed by atoms with Gasteiger partial charge < -0.3 is 10.4 Å². The van der Waals surface area contributed by atoms with Crippen molar-refractivity contribution in [3.05, 3.63) is 0 Å². The number of likely N-dealkylation sites (N-methyl/N-ethyl adjacent to an activating group) is 1. The molecular weight excluding hydrogens is 164 g/mol. The van der Waals surface area contributed by atoms with Crippen LogP contribution in [-0.4, -0.2) is 49.3 Å². The van der Waals surface area contributed by atoms with Gasteiger partial charge in [0, 0.05) is 19.1 Å². The Morgan fingerprint density at radius 3 is 2.69 bits per heavy atom. The molecule has 3 heteroatoms. The first kappa shape index (κ1) is 12.9. The van der Waals surface area contributed by atoms with Crippen molar-refractivity contribution in [1.82, 2.24) is 10.2 Å². The van der Waals surface area contributed by atoms with E-state index in [1.807, 2.05) is 20.9 Å². The molecule has 1 aliphatic rings. The van der Waals surface area contributed by atoms with Crippen LogP contribution in [0, 0.1) is 0 Å². The highest BCUT2D eigenvalue weighted by Crippen LogP contribution is 2.15. The maximum atomic E-state index is 8.97. The minimum absolute atomic E-state index is 0.323. The van der Waals surface area contributed by atoms with Gasteiger partial charge in [0.05, 0.1) is 6.61 Å². The summed E-state index contributed by atoms with van der Waals surface area (Å²) in [7, 11) is 1.96. The number of nitrogens with one attached hydrogen (secondary N) is 1. The van der Waals surface area contributed by atoms with Crippen molar-refractivity contribution in [3.8, 4) is 0 Å². The summed E-state index contributed by atoms with van der Waals surface area (Å²) in [6.07, 6.45) is 2.41. The lowest BCUT2D eigenvalue weighted by Gasteiger charge is -2.21. The third-order valence-electron chi connectivity index (χ3n) is 2.36. The van der Waals surface area contributed by atoms with Gasteiger partial charge in [0.15, 0.2) is 0 Å². The molecule has 0 aliphatic carbocycles. The van der Waals surface area contributed by atoms with E-state index in [4.69, 9.17) is 5.11 Å². The first-order valence-electron chi connectivity index (χ1n) is 5.38. The van der Waals surface area contributed by atoms with Crippen molar-refractivity contribution in [2.45, 2.75) is 32.7 Å². The Hall–Kier alpha value is -0.120. The zero-order valence-electron chi connectivity index (χ0n) is 9.21. The Balaban J connectivity index is 0.000000671. The third kappa shape index (κ3) is 4.60. The Labute approximate surface area is 82.1 Å². The van der Waals surface area contributed by atoms with Crippen molar-refractivity contribution in [3.63, 3.8) is 0 Å². The molecule has 0 amide bonds. The fourth-order valence-corrected chi connectivity index (χ4v) is 1.65. The van der Waals surface area contributed by atoms with Gasteiger partial charge in [-0.1, -0.05) is 13.8 Å². The first-order valence-corrected chi connectivity index (χ1v) is 5.38. The molecule has 1 unspecified atom stereocenters. The molecule has 0 bridgehead atoms. The lowest BCUT2D eigenvalue weighted by atomic mass is 10.2. The molecule has 1 aliphatic heterocycles. The summed E-state index contributed by atoms with van der Waals surface area (Å²) < 4.78 is 0. The molecule has 0 radical (unpaired) electrons. The fraction of sp³-hybridized carbons (Fsp3) is 1.00. The van der Waals surface area contributed by atoms with Crippen LogP contribution in [0.25, 0.3) is 0 Å². The Bertz CT molecular complexity index is 109. The van der Waals surface area contributed by atoms with Crippen molar-refractivity contribution < 1.29 is 5.11 Å². The largest absolute Gasteiger partial charge is 0.395 e. The Kier molecular flexibility index (Phi) is 8.40. The standard InChI is InChI=1S/C8H18N2O.C2H6/c1-9-4-6-10-5-2-3-8(10)7-11;1-2/h8-9,11H,2-7H2,1H3;1-2H3. The van der Waals surface area contributed by atoms with Gasteiger partial charge in [-0.3, -0.25) is 4.90 Å². The summed E-state index contributed by atoms with van der Waals surface area (Å²) in [6, 6.07) is 0.434. The fourth-order valence-electron chi connectivity index (χ4n) is 1.65. The average molecular weight is 188 g/mol. The normalized spacial score (nSPS) is 22.6. The van der Waals surface area contributed by atoms with Gasteiger partial charge in [0.1, 0.15) is 0 Å². The van der Waals surface area contributed by atoms with E-state index in [1.165, 1.54) is 12.8 Å². The molecule has 0 aromatic heterocycles. The molecule has 0 saturated carbocycles. The smallest absolute Gasteiger partial charge is 0.0586 e. The molecular formula is C10H24N2O. The van der Waals surface area contributed by atoms with Crippen LogP contribution in [0.3, 0.4) is 0 Å². The zero-order chi connectivity index (χ0) is 10.1. The summed E-state index contributed by atoms with van der Waals surface area (Å²) in [5, 5.41) is 12.1. The van der Waals surface area contributed by atoms with Crippen molar-refractivity contribution >= 4 is 0 Å². The van der Waals surface area contributed by atoms with E-state index in [-0.39, 0.29) is 0 Å². The van der Waals surface area contributed by atoms with E-state index in [9.17, 15) is 0 Å². The second kappa shape index (κ2) is 8.48. The molecule has 1 heterocycles. The topological polar surface area (TPSA) is 35.5 Å². The van der Waals surface area contributed by atoms with Crippen LogP contribution in [0.4, 0.5) is 0 Å². The predicted molar refractivity (Wildman–Crippen MR) is 57.0 cm³/mol. The summed E-state index contributed by atoms with van der Waals surface area (Å²) in [5.74, 6) is 0. The number of hydrogen-bond acceptors (Lipinski definition) is 3. The highest BCUT2D eigenvalue weighted by Gasteiger charge is 2.22. The first-order chi connectivity index (χ1) is 6.38. The van der Waals surface area contributed by atoms with Crippen LogP contribution in [0.15, 0.2) is 0 Å². The highest BCUT2D eigenvalue weighted by atomic mass is 16.3. The number of nitrogens with zero attached hydrogens (tertiary/aromatic N) is 1. The van der Waals surface area contributed by atoms with Gasteiger partial charge in [0.25, 0.3) is 0 Å². The van der Waals surface area contributed by atoms with Gasteiger partial charge in [-0.25, -0.2) is 0 Å². The predicted octanol–water partition coefficient (Wildman–Crippen LogP) is 0.689. The summed E-state index contributed by atoms with van der Waals surface area (Å²) in [4.78, 5) is 2.36. The number of rotatable bonds is 4. The lowest BCUT2D eigenvalue weighted by molar-refractivity contribution is 0.160. The van der Waals surface area contributed by atoms with Crippen LogP contribution in [0.2, 0.25) is 0 Å². The molecule has 1 rings (SSSR count). The van der Waals surface area contributed by atoms with E-state index in [0.29, 0.717) is 12.6 Å². The van der Waals surface area contributed by atoms with Gasteiger partial charge in [-0.15, -0.1) is 0 Å². The van der Waals surface area contributed by atoms with Gasteiger partial charge in [-0.2, -0.15) is 0 Å². The molecule has 13 heavy (non-hydrogen) atoms. The second-order valence-corrected chi connectivity index (χ2v) is 3.12. The minimum atomic E-state index is 0.323. The summed E-state index contributed by atoms with van der Waals surface area (Å²) >= 11 is 0. The van der Waals surface area contributed by atoms with E-state index in [2.05, 4.69) is 10.2 Å². The van der Waals surface area contributed by atoms with Gasteiger partial charge >= 0.3 is 0 Å². The summed E-state index contributed by atoms with van der Waals surface area (Å²) in [5.41, 5.74) is 0. The molecule has 1 saturated heterocycles. The quantitative estimate of drug-likeness (QED) is 0.681. The third-order valence-corrected chi connectivity index (χ3v) is 2.36. The highest BCUT2D eigenvalue weighted by molar-refractivity contribution is 4.78. The molecule has 1 atom stereocenters. The maximum Gasteiger partial charge on any atom is 0.0586 e. The van der Waals surface area contributed by atoms with E-state index in [0.717, 1.165) is 19.6 Å². The van der Waals surface area contributed by atoms with Crippen LogP contribution in [0.5, 0.6) is 0 Å². The van der Waals surface area contributed by atoms with Crippen molar-refractivity contribution in [2.24, 2.45) is 0 Å². The van der Waals surface area contributed by atoms with Crippen LogP contribution in [0.1, 0.15) is 26.7 Å². The molecule has 0 spiro atoms. The second-order valence-electron chi connectivity index (χ2n) is 3.12. The number of aliphatic hydroxyl groups excluding tert-OH is 1. The average Bonchev–Trinajstić information content (AvgIpc) is 2.65. The van der Waals surface area contributed by atoms with E-state index >= 15 is 0 Å². The molecule has 0 aromatic rings. The minimum Gasteiger partial charge on any atom is -0.395 e. The number of likely N-dealkylation sites (tertiary alicyclic amines) is 1. The molecule has 2 N–H and O–H groups in total. The van der Waals surface area contributed by atoms with Crippen molar-refractivity contribution in [1.29, 1.82) is 0 Å². The number of aliphatic hydroxyl groups is 1. The monoisotopic (exact) mass is 188 g/mol. The zero-order valence-corrected chi connectivity index (χ0v) is 9.21. The summed E-state index contributed by atoms with van der Waals surface area (Å²) in [6.45, 7) is 7.58. The van der Waals surface area contributed by atoms with E-state index in [1.54, 1.807) is 0 Å². The van der Waals surface area contributed by atoms with Crippen LogP contribution < -0.4 is 5.32 Å². The van der Waals surface area contributed by atoms with Crippen molar-refractivity contribution in [2.75, 3.05) is 33.3 Å². The molecule has 1 fully saturated rings. The Morgan fingerprint density at radius 1 is 1.46 bits per heavy atom. The van der Waals surface area contributed by atoms with Crippen LogP contribution >= 0.6 is 0 Å². The number of hydrogen-bond donors (Lipinski definition) is 2. The molecule has 0 aromatic carbocycles. The SMILES string of the molecule is CC.CNCCN1CCCC1CO. The van der Waals surface area contributed by atoms with E-state index < -0.39 is 0 Å². The Morgan fingerprint density at radius 2 is 2.15 bits per heavy atom. The molecule has 80 valence electrons. The van der Waals surface area contributed by atoms with Crippen LogP contribution in [-0.2, 0) is 0 Å². The maximum absolute atomic E-state index is 8.97. The molecule has 3 nitrogen and oxygen atoms in total.